The van der Waals surface area contributed by atoms with E-state index in [0.29, 0.717) is 0 Å². The average molecular weight is 298 g/mol. The van der Waals surface area contributed by atoms with E-state index in [1.54, 1.807) is 18.2 Å². The second-order valence-corrected chi connectivity index (χ2v) is 6.00. The third kappa shape index (κ3) is 3.74. The zero-order chi connectivity index (χ0) is 15.1. The summed E-state index contributed by atoms with van der Waals surface area (Å²) in [4.78, 5) is 0.180. The third-order valence-electron chi connectivity index (χ3n) is 2.70. The minimum absolute atomic E-state index is 0.169. The summed E-state index contributed by atoms with van der Waals surface area (Å²) >= 11 is 0. The second kappa shape index (κ2) is 6.78. The quantitative estimate of drug-likeness (QED) is 0.646. The highest BCUT2D eigenvalue weighted by Crippen LogP contribution is 2.18. The van der Waals surface area contributed by atoms with Crippen LogP contribution in [0, 0.1) is 11.8 Å². The Morgan fingerprint density at radius 2 is 1.57 bits per heavy atom. The number of allylic oxidation sites excluding steroid dienone is 1. The molecule has 0 bridgehead atoms. The van der Waals surface area contributed by atoms with Crippen molar-refractivity contribution in [3.8, 4) is 11.8 Å². The SMILES string of the molecule is COC(=CC#Cc1ccccc1)S(=O)(=O)c1ccccc1. The molecule has 21 heavy (non-hydrogen) atoms. The Balaban J connectivity index is 2.32. The van der Waals surface area contributed by atoms with E-state index in [0.717, 1.165) is 5.56 Å². The van der Waals surface area contributed by atoms with Gasteiger partial charge in [0.2, 0.25) is 14.9 Å². The molecule has 0 atom stereocenters. The third-order valence-corrected chi connectivity index (χ3v) is 4.41. The van der Waals surface area contributed by atoms with Crippen molar-refractivity contribution in [2.45, 2.75) is 4.90 Å². The first kappa shape index (κ1) is 14.9. The van der Waals surface area contributed by atoms with Gasteiger partial charge in [-0.15, -0.1) is 0 Å². The van der Waals surface area contributed by atoms with Gasteiger partial charge in [-0.05, 0) is 24.3 Å². The molecule has 0 radical (unpaired) electrons. The number of hydrogen-bond donors (Lipinski definition) is 0. The lowest BCUT2D eigenvalue weighted by Gasteiger charge is -2.06. The first-order valence-electron chi connectivity index (χ1n) is 6.25. The smallest absolute Gasteiger partial charge is 0.239 e. The second-order valence-electron chi connectivity index (χ2n) is 4.12. The summed E-state index contributed by atoms with van der Waals surface area (Å²) in [6.45, 7) is 0. The standard InChI is InChI=1S/C17H14O3S/c1-20-17(14-8-11-15-9-4-2-5-10-15)21(18,19)16-12-6-3-7-13-16/h2-7,9-10,12-14H,1H3. The van der Waals surface area contributed by atoms with E-state index >= 15 is 0 Å². The van der Waals surface area contributed by atoms with Gasteiger partial charge in [0.1, 0.15) is 0 Å². The monoisotopic (exact) mass is 298 g/mol. The molecule has 0 heterocycles. The van der Waals surface area contributed by atoms with Crippen molar-refractivity contribution in [3.05, 3.63) is 77.4 Å². The zero-order valence-electron chi connectivity index (χ0n) is 11.5. The molecule has 0 spiro atoms. The summed E-state index contributed by atoms with van der Waals surface area (Å²) in [5.41, 5.74) is 0.807. The fourth-order valence-electron chi connectivity index (χ4n) is 1.66. The molecule has 106 valence electrons. The van der Waals surface area contributed by atoms with Gasteiger partial charge in [0, 0.05) is 11.6 Å². The minimum atomic E-state index is -3.67. The molecule has 0 aliphatic heterocycles. The summed E-state index contributed by atoms with van der Waals surface area (Å²) in [7, 11) is -2.35. The number of hydrogen-bond acceptors (Lipinski definition) is 3. The maximum Gasteiger partial charge on any atom is 0.239 e. The van der Waals surface area contributed by atoms with Gasteiger partial charge in [-0.3, -0.25) is 0 Å². The molecule has 3 nitrogen and oxygen atoms in total. The van der Waals surface area contributed by atoms with Gasteiger partial charge in [-0.2, -0.15) is 0 Å². The lowest BCUT2D eigenvalue weighted by atomic mass is 10.2. The molecular weight excluding hydrogens is 284 g/mol. The fraction of sp³-hybridized carbons (Fsp3) is 0.0588. The van der Waals surface area contributed by atoms with Crippen molar-refractivity contribution in [3.63, 3.8) is 0 Å². The van der Waals surface area contributed by atoms with Crippen molar-refractivity contribution < 1.29 is 13.2 Å². The normalized spacial score (nSPS) is 11.4. The first-order valence-corrected chi connectivity index (χ1v) is 7.74. The number of methoxy groups -OCH3 is 1. The van der Waals surface area contributed by atoms with Crippen LogP contribution in [0.3, 0.4) is 0 Å². The van der Waals surface area contributed by atoms with Crippen LogP contribution in [0.5, 0.6) is 0 Å². The Kier molecular flexibility index (Phi) is 4.81. The first-order chi connectivity index (χ1) is 10.1. The number of rotatable bonds is 3. The molecule has 0 amide bonds. The molecule has 0 aromatic heterocycles. The average Bonchev–Trinajstić information content (AvgIpc) is 2.53. The molecule has 2 aromatic carbocycles. The molecule has 0 unspecified atom stereocenters. The number of sulfone groups is 1. The van der Waals surface area contributed by atoms with Crippen LogP contribution < -0.4 is 0 Å². The topological polar surface area (TPSA) is 43.4 Å². The van der Waals surface area contributed by atoms with Gasteiger partial charge in [-0.1, -0.05) is 48.2 Å². The van der Waals surface area contributed by atoms with Crippen molar-refractivity contribution in [1.29, 1.82) is 0 Å². The van der Waals surface area contributed by atoms with Crippen molar-refractivity contribution in [2.24, 2.45) is 0 Å². The molecule has 2 aromatic rings. The zero-order valence-corrected chi connectivity index (χ0v) is 12.3. The lowest BCUT2D eigenvalue weighted by Crippen LogP contribution is -2.06. The van der Waals surface area contributed by atoms with Crippen LogP contribution in [0.2, 0.25) is 0 Å². The summed E-state index contributed by atoms with van der Waals surface area (Å²) < 4.78 is 29.7. The van der Waals surface area contributed by atoms with Crippen LogP contribution in [0.15, 0.2) is 76.7 Å². The Morgan fingerprint density at radius 1 is 1.00 bits per heavy atom. The number of benzene rings is 2. The van der Waals surface area contributed by atoms with Crippen molar-refractivity contribution >= 4 is 9.84 Å². The summed E-state index contributed by atoms with van der Waals surface area (Å²) in [6, 6.07) is 17.4. The number of ether oxygens (including phenoxy) is 1. The minimum Gasteiger partial charge on any atom is -0.486 e. The van der Waals surface area contributed by atoms with Gasteiger partial charge in [-0.25, -0.2) is 8.42 Å². The fourth-order valence-corrected chi connectivity index (χ4v) is 2.84. The van der Waals surface area contributed by atoms with E-state index < -0.39 is 9.84 Å². The molecule has 0 saturated carbocycles. The van der Waals surface area contributed by atoms with Crippen LogP contribution in [-0.2, 0) is 14.6 Å². The van der Waals surface area contributed by atoms with E-state index in [-0.39, 0.29) is 9.99 Å². The maximum atomic E-state index is 12.3. The van der Waals surface area contributed by atoms with Crippen LogP contribution in [-0.4, -0.2) is 15.5 Å². The van der Waals surface area contributed by atoms with E-state index in [1.807, 2.05) is 30.3 Å². The Morgan fingerprint density at radius 3 is 2.14 bits per heavy atom. The van der Waals surface area contributed by atoms with Gasteiger partial charge in [0.25, 0.3) is 0 Å². The van der Waals surface area contributed by atoms with E-state index in [1.165, 1.54) is 25.3 Å². The Labute approximate surface area is 124 Å². The molecule has 0 aliphatic carbocycles. The van der Waals surface area contributed by atoms with E-state index in [4.69, 9.17) is 4.74 Å². The highest BCUT2D eigenvalue weighted by molar-refractivity contribution is 7.95. The van der Waals surface area contributed by atoms with Crippen LogP contribution in [0.25, 0.3) is 0 Å². The Hall–Kier alpha value is -2.51. The van der Waals surface area contributed by atoms with Crippen molar-refractivity contribution in [1.82, 2.24) is 0 Å². The molecule has 2 rings (SSSR count). The molecular formula is C17H14O3S. The predicted octanol–water partition coefficient (Wildman–Crippen LogP) is 3.00. The summed E-state index contributed by atoms with van der Waals surface area (Å²) in [5, 5.41) is -0.169. The van der Waals surface area contributed by atoms with E-state index in [2.05, 4.69) is 11.8 Å². The maximum absolute atomic E-state index is 12.3. The van der Waals surface area contributed by atoms with Crippen LogP contribution in [0.4, 0.5) is 0 Å². The van der Waals surface area contributed by atoms with Gasteiger partial charge < -0.3 is 4.74 Å². The molecule has 0 aliphatic rings. The Bertz CT molecular complexity index is 780. The van der Waals surface area contributed by atoms with Gasteiger partial charge >= 0.3 is 0 Å². The van der Waals surface area contributed by atoms with Crippen molar-refractivity contribution in [2.75, 3.05) is 7.11 Å². The lowest BCUT2D eigenvalue weighted by molar-refractivity contribution is 0.317. The molecule has 4 heteroatoms. The summed E-state index contributed by atoms with van der Waals surface area (Å²) in [5.74, 6) is 5.57. The molecule has 0 N–H and O–H groups in total. The van der Waals surface area contributed by atoms with Gasteiger partial charge in [0.15, 0.2) is 0 Å². The molecule has 0 fully saturated rings. The predicted molar refractivity (Wildman–Crippen MR) is 82.0 cm³/mol. The molecule has 0 saturated heterocycles. The van der Waals surface area contributed by atoms with Gasteiger partial charge in [0.05, 0.1) is 12.0 Å². The highest BCUT2D eigenvalue weighted by atomic mass is 32.2. The van der Waals surface area contributed by atoms with E-state index in [9.17, 15) is 8.42 Å². The highest BCUT2D eigenvalue weighted by Gasteiger charge is 2.20. The summed E-state index contributed by atoms with van der Waals surface area (Å²) in [6.07, 6.45) is 1.27. The largest absolute Gasteiger partial charge is 0.486 e. The van der Waals surface area contributed by atoms with Crippen LogP contribution in [0.1, 0.15) is 5.56 Å². The van der Waals surface area contributed by atoms with Crippen LogP contribution >= 0.6 is 0 Å².